The van der Waals surface area contributed by atoms with Crippen LogP contribution in [0.5, 0.6) is 0 Å². The molecule has 0 saturated heterocycles. The van der Waals surface area contributed by atoms with Gasteiger partial charge in [0.05, 0.1) is 22.3 Å². The second-order valence-electron chi connectivity index (χ2n) is 6.48. The summed E-state index contributed by atoms with van der Waals surface area (Å²) in [6.45, 7) is 10.2. The molecule has 0 aromatic heterocycles. The molecule has 0 amide bonds. The zero-order chi connectivity index (χ0) is 15.3. The van der Waals surface area contributed by atoms with Gasteiger partial charge in [-0.1, -0.05) is 38.1 Å². The minimum atomic E-state index is -1.08. The Balaban J connectivity index is 2.85. The maximum Gasteiger partial charge on any atom is 0.0972 e. The van der Waals surface area contributed by atoms with Gasteiger partial charge in [0.2, 0.25) is 0 Å². The van der Waals surface area contributed by atoms with Gasteiger partial charge in [0.25, 0.3) is 0 Å². The van der Waals surface area contributed by atoms with Crippen LogP contribution in [0.2, 0.25) is 0 Å². The van der Waals surface area contributed by atoms with Crippen LogP contribution < -0.4 is 4.72 Å². The van der Waals surface area contributed by atoms with Gasteiger partial charge in [-0.3, -0.25) is 0 Å². The third-order valence-electron chi connectivity index (χ3n) is 3.35. The number of aliphatic hydroxyl groups is 1. The predicted octanol–water partition coefficient (Wildman–Crippen LogP) is 2.80. The Kier molecular flexibility index (Phi) is 6.37. The summed E-state index contributed by atoms with van der Waals surface area (Å²) in [4.78, 5) is 0. The van der Waals surface area contributed by atoms with E-state index in [2.05, 4.69) is 18.6 Å². The van der Waals surface area contributed by atoms with E-state index >= 15 is 0 Å². The summed E-state index contributed by atoms with van der Waals surface area (Å²) >= 11 is 0. The minimum Gasteiger partial charge on any atom is -0.392 e. The number of hydrogen-bond donors (Lipinski definition) is 2. The molecule has 1 aromatic rings. The van der Waals surface area contributed by atoms with Crippen LogP contribution in [0.25, 0.3) is 0 Å². The fourth-order valence-electron chi connectivity index (χ4n) is 1.88. The average molecular weight is 297 g/mol. The Morgan fingerprint density at radius 3 is 2.20 bits per heavy atom. The summed E-state index contributed by atoms with van der Waals surface area (Å²) in [5.41, 5.74) is 2.06. The van der Waals surface area contributed by atoms with Crippen molar-refractivity contribution in [3.05, 3.63) is 35.4 Å². The molecule has 0 radical (unpaired) electrons. The van der Waals surface area contributed by atoms with Crippen molar-refractivity contribution in [1.29, 1.82) is 0 Å². The van der Waals surface area contributed by atoms with Crippen LogP contribution in [0.3, 0.4) is 0 Å². The fourth-order valence-corrected chi connectivity index (χ4v) is 2.86. The zero-order valence-electron chi connectivity index (χ0n) is 13.1. The molecule has 0 aliphatic carbocycles. The van der Waals surface area contributed by atoms with Crippen LogP contribution in [0, 0.1) is 5.92 Å². The molecule has 1 unspecified atom stereocenters. The van der Waals surface area contributed by atoms with Crippen molar-refractivity contribution in [2.24, 2.45) is 5.92 Å². The topological polar surface area (TPSA) is 49.3 Å². The van der Waals surface area contributed by atoms with Crippen LogP contribution in [0.1, 0.15) is 45.7 Å². The largest absolute Gasteiger partial charge is 0.392 e. The number of rotatable bonds is 6. The molecule has 0 aliphatic rings. The summed E-state index contributed by atoms with van der Waals surface area (Å²) in [6, 6.07) is 8.01. The normalized spacial score (nSPS) is 15.3. The second kappa shape index (κ2) is 7.34. The van der Waals surface area contributed by atoms with Crippen LogP contribution in [0.4, 0.5) is 0 Å². The lowest BCUT2D eigenvalue weighted by Crippen LogP contribution is -2.43. The van der Waals surface area contributed by atoms with E-state index in [0.29, 0.717) is 5.92 Å². The lowest BCUT2D eigenvalue weighted by atomic mass is 9.94. The van der Waals surface area contributed by atoms with Crippen LogP contribution in [-0.2, 0) is 24.0 Å². The molecule has 2 N–H and O–H groups in total. The maximum atomic E-state index is 12.3. The molecule has 3 nitrogen and oxygen atoms in total. The van der Waals surface area contributed by atoms with E-state index in [0.717, 1.165) is 17.5 Å². The van der Waals surface area contributed by atoms with Gasteiger partial charge in [0, 0.05) is 6.04 Å². The molecule has 0 bridgehead atoms. The first-order valence-corrected chi connectivity index (χ1v) is 8.26. The Hall–Kier alpha value is -0.710. The molecule has 0 heterocycles. The highest BCUT2D eigenvalue weighted by atomic mass is 32.2. The average Bonchev–Trinajstić information content (AvgIpc) is 2.37. The van der Waals surface area contributed by atoms with Crippen molar-refractivity contribution in [2.75, 3.05) is 0 Å². The first-order valence-electron chi connectivity index (χ1n) is 7.11. The van der Waals surface area contributed by atoms with Gasteiger partial charge >= 0.3 is 0 Å². The van der Waals surface area contributed by atoms with Crippen molar-refractivity contribution < 1.29 is 9.32 Å². The Morgan fingerprint density at radius 2 is 1.75 bits per heavy atom. The molecule has 0 aliphatic heterocycles. The van der Waals surface area contributed by atoms with E-state index in [9.17, 15) is 9.32 Å². The second-order valence-corrected chi connectivity index (χ2v) is 8.48. The SMILES string of the molecule is CC(C)[C@@H](Cc1ccccc1CO)NS(=O)C(C)(C)C. The van der Waals surface area contributed by atoms with Crippen LogP contribution in [-0.4, -0.2) is 20.1 Å². The summed E-state index contributed by atoms with van der Waals surface area (Å²) < 4.78 is 15.2. The number of nitrogens with one attached hydrogen (secondary N) is 1. The maximum absolute atomic E-state index is 12.3. The fraction of sp³-hybridized carbons (Fsp3) is 0.625. The number of benzene rings is 1. The van der Waals surface area contributed by atoms with Crippen LogP contribution in [0.15, 0.2) is 24.3 Å². The molecule has 0 saturated carbocycles. The minimum absolute atomic E-state index is 0.0450. The third-order valence-corrected chi connectivity index (χ3v) is 4.98. The van der Waals surface area contributed by atoms with Gasteiger partial charge in [0.1, 0.15) is 0 Å². The molecule has 0 spiro atoms. The Bertz CT molecular complexity index is 452. The van der Waals surface area contributed by atoms with E-state index in [4.69, 9.17) is 0 Å². The number of aliphatic hydroxyl groups excluding tert-OH is 1. The quantitative estimate of drug-likeness (QED) is 0.848. The Labute approximate surface area is 125 Å². The third kappa shape index (κ3) is 5.00. The smallest absolute Gasteiger partial charge is 0.0972 e. The van der Waals surface area contributed by atoms with Gasteiger partial charge in [-0.2, -0.15) is 0 Å². The monoisotopic (exact) mass is 297 g/mol. The first-order chi connectivity index (χ1) is 9.25. The standard InChI is InChI=1S/C16H27NO2S/c1-12(2)15(17-20(19)16(3,4)5)10-13-8-6-7-9-14(13)11-18/h6-9,12,15,17-18H,10-11H2,1-5H3/t15-,20?/m1/s1. The van der Waals surface area contributed by atoms with Crippen molar-refractivity contribution in [1.82, 2.24) is 4.72 Å². The van der Waals surface area contributed by atoms with E-state index in [-0.39, 0.29) is 17.4 Å². The predicted molar refractivity (Wildman–Crippen MR) is 85.7 cm³/mol. The summed E-state index contributed by atoms with van der Waals surface area (Å²) in [6.07, 6.45) is 0.774. The molecule has 20 heavy (non-hydrogen) atoms. The van der Waals surface area contributed by atoms with E-state index in [1.54, 1.807) is 0 Å². The van der Waals surface area contributed by atoms with E-state index in [1.807, 2.05) is 45.0 Å². The lowest BCUT2D eigenvalue weighted by molar-refractivity contribution is 0.280. The first kappa shape index (κ1) is 17.3. The molecule has 2 atom stereocenters. The molecular formula is C16H27NO2S. The molecule has 1 aromatic carbocycles. The van der Waals surface area contributed by atoms with Gasteiger partial charge in [-0.15, -0.1) is 0 Å². The van der Waals surface area contributed by atoms with Gasteiger partial charge in [-0.25, -0.2) is 8.93 Å². The highest BCUT2D eigenvalue weighted by Gasteiger charge is 2.24. The Morgan fingerprint density at radius 1 is 1.20 bits per heavy atom. The van der Waals surface area contributed by atoms with Crippen molar-refractivity contribution in [3.8, 4) is 0 Å². The highest BCUT2D eigenvalue weighted by molar-refractivity contribution is 7.84. The van der Waals surface area contributed by atoms with Gasteiger partial charge in [-0.05, 0) is 44.2 Å². The molecule has 114 valence electrons. The molecule has 4 heteroatoms. The van der Waals surface area contributed by atoms with E-state index < -0.39 is 11.0 Å². The van der Waals surface area contributed by atoms with Crippen molar-refractivity contribution in [2.45, 2.75) is 58.4 Å². The van der Waals surface area contributed by atoms with Crippen LogP contribution >= 0.6 is 0 Å². The zero-order valence-corrected chi connectivity index (χ0v) is 14.0. The summed E-state index contributed by atoms with van der Waals surface area (Å²) in [5, 5.41) is 9.40. The molecule has 0 fully saturated rings. The highest BCUT2D eigenvalue weighted by Crippen LogP contribution is 2.17. The number of hydrogen-bond acceptors (Lipinski definition) is 2. The van der Waals surface area contributed by atoms with E-state index in [1.165, 1.54) is 0 Å². The molecular weight excluding hydrogens is 270 g/mol. The van der Waals surface area contributed by atoms with Crippen molar-refractivity contribution >= 4 is 11.0 Å². The summed E-state index contributed by atoms with van der Waals surface area (Å²) in [7, 11) is -1.08. The van der Waals surface area contributed by atoms with Crippen molar-refractivity contribution in [3.63, 3.8) is 0 Å². The van der Waals surface area contributed by atoms with Gasteiger partial charge in [0.15, 0.2) is 0 Å². The molecule has 1 rings (SSSR count). The lowest BCUT2D eigenvalue weighted by Gasteiger charge is -2.27. The van der Waals surface area contributed by atoms with Gasteiger partial charge < -0.3 is 5.11 Å². The summed E-state index contributed by atoms with van der Waals surface area (Å²) in [5.74, 6) is 0.369.